The molecule has 1 atom stereocenters. The Kier molecular flexibility index (Phi) is 6.35. The van der Waals surface area contributed by atoms with E-state index in [0.717, 1.165) is 19.3 Å². The number of rotatable bonds is 8. The van der Waals surface area contributed by atoms with Crippen LogP contribution in [-0.2, 0) is 16.0 Å². The highest BCUT2D eigenvalue weighted by Crippen LogP contribution is 2.03. The van der Waals surface area contributed by atoms with Crippen molar-refractivity contribution in [2.24, 2.45) is 0 Å². The third-order valence-electron chi connectivity index (χ3n) is 2.63. The van der Waals surface area contributed by atoms with Crippen LogP contribution in [-0.4, -0.2) is 35.8 Å². The third kappa shape index (κ3) is 4.83. The molecule has 1 aromatic heterocycles. The lowest BCUT2D eigenvalue weighted by Gasteiger charge is -2.15. The summed E-state index contributed by atoms with van der Waals surface area (Å²) in [5.74, 6) is 0.991. The molecule has 102 valence electrons. The number of ether oxygens (including phenoxy) is 1. The molecule has 1 aromatic rings. The van der Waals surface area contributed by atoms with Gasteiger partial charge in [0.15, 0.2) is 5.82 Å². The van der Waals surface area contributed by atoms with Crippen LogP contribution < -0.4 is 5.32 Å². The number of carbonyl (C=O) groups is 1. The molecule has 1 heterocycles. The first kappa shape index (κ1) is 14.6. The summed E-state index contributed by atoms with van der Waals surface area (Å²) in [6.45, 7) is 4.49. The van der Waals surface area contributed by atoms with Crippen molar-refractivity contribution in [1.82, 2.24) is 15.5 Å². The van der Waals surface area contributed by atoms with Gasteiger partial charge in [-0.25, -0.2) is 0 Å². The fourth-order valence-corrected chi connectivity index (χ4v) is 1.65. The van der Waals surface area contributed by atoms with Crippen LogP contribution in [0.3, 0.4) is 0 Å². The Morgan fingerprint density at radius 2 is 2.33 bits per heavy atom. The molecule has 0 bridgehead atoms. The van der Waals surface area contributed by atoms with Gasteiger partial charge in [0.2, 0.25) is 5.89 Å². The average molecular weight is 255 g/mol. The van der Waals surface area contributed by atoms with Crippen molar-refractivity contribution in [2.45, 2.75) is 45.6 Å². The summed E-state index contributed by atoms with van der Waals surface area (Å²) >= 11 is 0. The molecular weight excluding hydrogens is 234 g/mol. The quantitative estimate of drug-likeness (QED) is 0.704. The van der Waals surface area contributed by atoms with E-state index in [1.807, 2.05) is 0 Å². The molecule has 0 aromatic carbocycles. The third-order valence-corrected chi connectivity index (χ3v) is 2.63. The highest BCUT2D eigenvalue weighted by molar-refractivity contribution is 5.75. The highest BCUT2D eigenvalue weighted by Gasteiger charge is 2.17. The fraction of sp³-hybridized carbons (Fsp3) is 0.750. The molecule has 1 N–H and O–H groups in total. The Hall–Kier alpha value is -1.43. The summed E-state index contributed by atoms with van der Waals surface area (Å²) in [6, 6.07) is -0.251. The summed E-state index contributed by atoms with van der Waals surface area (Å²) in [4.78, 5) is 15.6. The minimum atomic E-state index is -0.251. The first-order valence-electron chi connectivity index (χ1n) is 6.27. The van der Waals surface area contributed by atoms with E-state index in [1.54, 1.807) is 6.92 Å². The number of unbranched alkanes of at least 4 members (excludes halogenated alkanes) is 1. The maximum atomic E-state index is 11.5. The Labute approximate surface area is 107 Å². The number of aryl methyl sites for hydroxylation is 1. The SMILES string of the molecule is CCCCC(NCCc1nc(C)no1)C(=O)OC. The number of hydrogen-bond acceptors (Lipinski definition) is 6. The molecule has 0 aliphatic carbocycles. The summed E-state index contributed by atoms with van der Waals surface area (Å²) in [6.07, 6.45) is 3.44. The number of methoxy groups -OCH3 is 1. The van der Waals surface area contributed by atoms with E-state index in [0.29, 0.717) is 24.7 Å². The van der Waals surface area contributed by atoms with Gasteiger partial charge in [-0.05, 0) is 13.3 Å². The summed E-state index contributed by atoms with van der Waals surface area (Å²) in [5.41, 5.74) is 0. The van der Waals surface area contributed by atoms with Crippen LogP contribution in [0.5, 0.6) is 0 Å². The molecule has 18 heavy (non-hydrogen) atoms. The van der Waals surface area contributed by atoms with Crippen LogP contribution in [0.15, 0.2) is 4.52 Å². The maximum Gasteiger partial charge on any atom is 0.322 e. The lowest BCUT2D eigenvalue weighted by Crippen LogP contribution is -2.38. The maximum absolute atomic E-state index is 11.5. The second-order valence-electron chi connectivity index (χ2n) is 4.16. The molecule has 0 radical (unpaired) electrons. The van der Waals surface area contributed by atoms with Crippen LogP contribution in [0.4, 0.5) is 0 Å². The summed E-state index contributed by atoms with van der Waals surface area (Å²) in [7, 11) is 1.41. The zero-order valence-electron chi connectivity index (χ0n) is 11.2. The van der Waals surface area contributed by atoms with Crippen molar-refractivity contribution in [3.8, 4) is 0 Å². The largest absolute Gasteiger partial charge is 0.468 e. The van der Waals surface area contributed by atoms with Crippen LogP contribution in [0.25, 0.3) is 0 Å². The first-order valence-corrected chi connectivity index (χ1v) is 6.27. The lowest BCUT2D eigenvalue weighted by molar-refractivity contribution is -0.143. The van der Waals surface area contributed by atoms with E-state index in [-0.39, 0.29) is 12.0 Å². The van der Waals surface area contributed by atoms with Crippen molar-refractivity contribution in [2.75, 3.05) is 13.7 Å². The second-order valence-corrected chi connectivity index (χ2v) is 4.16. The van der Waals surface area contributed by atoms with Crippen molar-refractivity contribution in [3.63, 3.8) is 0 Å². The van der Waals surface area contributed by atoms with Crippen molar-refractivity contribution in [3.05, 3.63) is 11.7 Å². The van der Waals surface area contributed by atoms with E-state index >= 15 is 0 Å². The number of esters is 1. The second kappa shape index (κ2) is 7.81. The molecule has 0 saturated heterocycles. The molecule has 0 aliphatic rings. The van der Waals surface area contributed by atoms with E-state index in [1.165, 1.54) is 7.11 Å². The predicted molar refractivity (Wildman–Crippen MR) is 66.1 cm³/mol. The molecule has 0 amide bonds. The highest BCUT2D eigenvalue weighted by atomic mass is 16.5. The van der Waals surface area contributed by atoms with Gasteiger partial charge in [0.1, 0.15) is 6.04 Å². The molecular formula is C12H21N3O3. The van der Waals surface area contributed by atoms with Gasteiger partial charge in [-0.15, -0.1) is 0 Å². The molecule has 0 spiro atoms. The van der Waals surface area contributed by atoms with Gasteiger partial charge in [0.25, 0.3) is 0 Å². The van der Waals surface area contributed by atoms with Gasteiger partial charge in [-0.2, -0.15) is 4.98 Å². The number of aromatic nitrogens is 2. The Morgan fingerprint density at radius 3 is 2.89 bits per heavy atom. The zero-order valence-corrected chi connectivity index (χ0v) is 11.2. The van der Waals surface area contributed by atoms with Crippen molar-refractivity contribution in [1.29, 1.82) is 0 Å². The van der Waals surface area contributed by atoms with Gasteiger partial charge in [0.05, 0.1) is 7.11 Å². The molecule has 6 nitrogen and oxygen atoms in total. The number of nitrogens with one attached hydrogen (secondary N) is 1. The molecule has 1 rings (SSSR count). The molecule has 1 unspecified atom stereocenters. The van der Waals surface area contributed by atoms with Gasteiger partial charge in [-0.1, -0.05) is 24.9 Å². The predicted octanol–water partition coefficient (Wildman–Crippen LogP) is 1.24. The normalized spacial score (nSPS) is 12.4. The number of nitrogens with zero attached hydrogens (tertiary/aromatic N) is 2. The van der Waals surface area contributed by atoms with Gasteiger partial charge >= 0.3 is 5.97 Å². The molecule has 6 heteroatoms. The smallest absolute Gasteiger partial charge is 0.322 e. The molecule has 0 fully saturated rings. The summed E-state index contributed by atoms with van der Waals surface area (Å²) < 4.78 is 9.76. The van der Waals surface area contributed by atoms with E-state index < -0.39 is 0 Å². The van der Waals surface area contributed by atoms with Crippen LogP contribution in [0.1, 0.15) is 37.9 Å². The van der Waals surface area contributed by atoms with Crippen LogP contribution in [0, 0.1) is 6.92 Å². The van der Waals surface area contributed by atoms with E-state index in [9.17, 15) is 4.79 Å². The Balaban J connectivity index is 2.34. The average Bonchev–Trinajstić information content (AvgIpc) is 2.78. The van der Waals surface area contributed by atoms with Gasteiger partial charge < -0.3 is 14.6 Å². The van der Waals surface area contributed by atoms with Gasteiger partial charge in [0, 0.05) is 13.0 Å². The Bertz CT molecular complexity index is 365. The fourth-order valence-electron chi connectivity index (χ4n) is 1.65. The molecule has 0 saturated carbocycles. The van der Waals surface area contributed by atoms with E-state index in [2.05, 4.69) is 22.4 Å². The van der Waals surface area contributed by atoms with Crippen LogP contribution >= 0.6 is 0 Å². The standard InChI is InChI=1S/C12H21N3O3/c1-4-5-6-10(12(16)17-3)13-8-7-11-14-9(2)15-18-11/h10,13H,4-8H2,1-3H3. The summed E-state index contributed by atoms with van der Waals surface area (Å²) in [5, 5.41) is 6.87. The minimum Gasteiger partial charge on any atom is -0.468 e. The first-order chi connectivity index (χ1) is 8.67. The van der Waals surface area contributed by atoms with Gasteiger partial charge in [-0.3, -0.25) is 4.79 Å². The van der Waals surface area contributed by atoms with E-state index in [4.69, 9.17) is 9.26 Å². The topological polar surface area (TPSA) is 77.3 Å². The van der Waals surface area contributed by atoms with Crippen LogP contribution in [0.2, 0.25) is 0 Å². The Morgan fingerprint density at radius 1 is 1.56 bits per heavy atom. The zero-order chi connectivity index (χ0) is 13.4. The minimum absolute atomic E-state index is 0.217. The lowest BCUT2D eigenvalue weighted by atomic mass is 10.1. The molecule has 0 aliphatic heterocycles. The van der Waals surface area contributed by atoms with Crippen molar-refractivity contribution < 1.29 is 14.1 Å². The van der Waals surface area contributed by atoms with Crippen molar-refractivity contribution >= 4 is 5.97 Å². The monoisotopic (exact) mass is 255 g/mol. The number of hydrogen-bond donors (Lipinski definition) is 1. The number of carbonyl (C=O) groups excluding carboxylic acids is 1.